The predicted molar refractivity (Wildman–Crippen MR) is 127 cm³/mol. The lowest BCUT2D eigenvalue weighted by Gasteiger charge is -2.23. The zero-order valence-electron chi connectivity index (χ0n) is 18.2. The van der Waals surface area contributed by atoms with Crippen LogP contribution in [-0.4, -0.2) is 47.6 Å². The van der Waals surface area contributed by atoms with E-state index in [2.05, 4.69) is 5.32 Å². The number of anilines is 2. The normalized spacial score (nSPS) is 18.1. The smallest absolute Gasteiger partial charge is 0.256 e. The molecule has 0 aromatic heterocycles. The lowest BCUT2D eigenvalue weighted by Crippen LogP contribution is -2.39. The first-order valence-corrected chi connectivity index (χ1v) is 11.3. The first-order chi connectivity index (χ1) is 15.5. The van der Waals surface area contributed by atoms with Gasteiger partial charge in [-0.15, -0.1) is 0 Å². The van der Waals surface area contributed by atoms with Crippen molar-refractivity contribution >= 4 is 40.5 Å². The third-order valence-corrected chi connectivity index (χ3v) is 5.91. The zero-order chi connectivity index (χ0) is 22.7. The van der Waals surface area contributed by atoms with E-state index in [1.807, 2.05) is 24.0 Å². The number of amides is 2. The molecule has 2 fully saturated rings. The Morgan fingerprint density at radius 2 is 1.75 bits per heavy atom. The van der Waals surface area contributed by atoms with Crippen LogP contribution in [0.3, 0.4) is 0 Å². The molecule has 2 aromatic carbocycles. The number of benzene rings is 2. The second kappa shape index (κ2) is 9.56. The van der Waals surface area contributed by atoms with Crippen molar-refractivity contribution < 1.29 is 19.1 Å². The van der Waals surface area contributed by atoms with Gasteiger partial charge in [0.2, 0.25) is 5.91 Å². The summed E-state index contributed by atoms with van der Waals surface area (Å²) in [4.78, 5) is 29.6. The number of carbonyl (C=O) groups excluding carboxylic acids is 2. The van der Waals surface area contributed by atoms with Crippen molar-refractivity contribution in [2.75, 3.05) is 23.9 Å². The largest absolute Gasteiger partial charge is 0.497 e. The van der Waals surface area contributed by atoms with Gasteiger partial charge in [0.25, 0.3) is 5.91 Å². The molecule has 4 rings (SSSR count). The lowest BCUT2D eigenvalue weighted by atomic mass is 10.1. The summed E-state index contributed by atoms with van der Waals surface area (Å²) in [6.07, 6.45) is 2.92. The molecular weight excluding hydrogens is 426 g/mol. The molecule has 0 spiro atoms. The second-order valence-electron chi connectivity index (χ2n) is 7.93. The van der Waals surface area contributed by atoms with Gasteiger partial charge in [-0.25, -0.2) is 0 Å². The number of ether oxygens (including phenoxy) is 2. The molecule has 2 amide bonds. The first-order valence-electron chi connectivity index (χ1n) is 10.8. The molecule has 8 heteroatoms. The van der Waals surface area contributed by atoms with Crippen molar-refractivity contribution in [1.29, 1.82) is 0 Å². The Morgan fingerprint density at radius 1 is 1.09 bits per heavy atom. The molecule has 1 saturated heterocycles. The Balaban J connectivity index is 1.46. The minimum atomic E-state index is -0.607. The maximum absolute atomic E-state index is 13.3. The summed E-state index contributed by atoms with van der Waals surface area (Å²) in [5, 5.41) is 3.34. The molecule has 1 saturated carbocycles. The topological polar surface area (TPSA) is 71.1 Å². The average molecular weight is 454 g/mol. The van der Waals surface area contributed by atoms with E-state index in [0.717, 1.165) is 25.0 Å². The highest BCUT2D eigenvalue weighted by Gasteiger charge is 2.49. The fourth-order valence-electron chi connectivity index (χ4n) is 3.77. The van der Waals surface area contributed by atoms with Crippen LogP contribution in [0.5, 0.6) is 11.5 Å². The molecule has 1 heterocycles. The maximum Gasteiger partial charge on any atom is 0.256 e. The molecule has 1 aliphatic heterocycles. The Labute approximate surface area is 193 Å². The highest BCUT2D eigenvalue weighted by molar-refractivity contribution is 7.80. The standard InChI is InChI=1S/C24H27N3O4S/c1-3-14-31-20-10-4-16(5-11-20)25-22(28)15-21-23(29)27(24(32)26(21)17-6-7-17)18-8-12-19(30-2)13-9-18/h4-5,8-13,17,21H,3,6-7,14-15H2,1-2H3,(H,25,28). The number of rotatable bonds is 9. The molecule has 2 aromatic rings. The number of hydrogen-bond donors (Lipinski definition) is 1. The van der Waals surface area contributed by atoms with Gasteiger partial charge in [0.05, 0.1) is 25.8 Å². The third-order valence-electron chi connectivity index (χ3n) is 5.51. The van der Waals surface area contributed by atoms with Gasteiger partial charge >= 0.3 is 0 Å². The maximum atomic E-state index is 13.3. The summed E-state index contributed by atoms with van der Waals surface area (Å²) >= 11 is 5.66. The van der Waals surface area contributed by atoms with Crippen molar-refractivity contribution in [3.63, 3.8) is 0 Å². The quantitative estimate of drug-likeness (QED) is 0.579. The zero-order valence-corrected chi connectivity index (χ0v) is 19.1. The first kappa shape index (κ1) is 22.1. The summed E-state index contributed by atoms with van der Waals surface area (Å²) in [7, 11) is 1.59. The van der Waals surface area contributed by atoms with Crippen LogP contribution in [0.25, 0.3) is 0 Å². The Kier molecular flexibility index (Phi) is 6.60. The Bertz CT molecular complexity index is 989. The van der Waals surface area contributed by atoms with Crippen molar-refractivity contribution in [2.45, 2.75) is 44.7 Å². The summed E-state index contributed by atoms with van der Waals surface area (Å²) < 4.78 is 10.8. The number of carbonyl (C=O) groups is 2. The number of methoxy groups -OCH3 is 1. The number of nitrogens with one attached hydrogen (secondary N) is 1. The van der Waals surface area contributed by atoms with E-state index in [9.17, 15) is 9.59 Å². The molecule has 1 unspecified atom stereocenters. The minimum Gasteiger partial charge on any atom is -0.497 e. The van der Waals surface area contributed by atoms with Gasteiger partial charge in [0.1, 0.15) is 17.5 Å². The van der Waals surface area contributed by atoms with Crippen LogP contribution in [0, 0.1) is 0 Å². The fraction of sp³-hybridized carbons (Fsp3) is 0.375. The van der Waals surface area contributed by atoms with Crippen molar-refractivity contribution in [3.05, 3.63) is 48.5 Å². The molecule has 0 bridgehead atoms. The van der Waals surface area contributed by atoms with E-state index in [0.29, 0.717) is 28.8 Å². The van der Waals surface area contributed by atoms with Gasteiger partial charge in [-0.3, -0.25) is 14.5 Å². The third kappa shape index (κ3) is 4.70. The number of thiocarbonyl (C=S) groups is 1. The second-order valence-corrected chi connectivity index (χ2v) is 8.30. The molecule has 1 N–H and O–H groups in total. The molecular formula is C24H27N3O4S. The van der Waals surface area contributed by atoms with Gasteiger partial charge in [-0.1, -0.05) is 6.92 Å². The van der Waals surface area contributed by atoms with Gasteiger partial charge in [-0.2, -0.15) is 0 Å². The fourth-order valence-corrected chi connectivity index (χ4v) is 4.24. The van der Waals surface area contributed by atoms with Crippen LogP contribution in [0.2, 0.25) is 0 Å². The van der Waals surface area contributed by atoms with E-state index < -0.39 is 6.04 Å². The van der Waals surface area contributed by atoms with Crippen molar-refractivity contribution in [3.8, 4) is 11.5 Å². The molecule has 7 nitrogen and oxygen atoms in total. The molecule has 1 aliphatic carbocycles. The predicted octanol–water partition coefficient (Wildman–Crippen LogP) is 3.98. The SMILES string of the molecule is CCCOc1ccc(NC(=O)CC2C(=O)N(c3ccc(OC)cc3)C(=S)N2C2CC2)cc1. The minimum absolute atomic E-state index is 0.0379. The van der Waals surface area contributed by atoms with Crippen LogP contribution < -0.4 is 19.7 Å². The van der Waals surface area contributed by atoms with Crippen LogP contribution in [0.15, 0.2) is 48.5 Å². The highest BCUT2D eigenvalue weighted by Crippen LogP contribution is 2.37. The Morgan fingerprint density at radius 3 is 2.34 bits per heavy atom. The molecule has 0 radical (unpaired) electrons. The number of hydrogen-bond acceptors (Lipinski definition) is 5. The summed E-state index contributed by atoms with van der Waals surface area (Å²) in [5.74, 6) is 1.06. The highest BCUT2D eigenvalue weighted by atomic mass is 32.1. The molecule has 32 heavy (non-hydrogen) atoms. The van der Waals surface area contributed by atoms with E-state index >= 15 is 0 Å². The van der Waals surface area contributed by atoms with E-state index in [1.54, 1.807) is 43.5 Å². The summed E-state index contributed by atoms with van der Waals surface area (Å²) in [6.45, 7) is 2.70. The number of nitrogens with zero attached hydrogens (tertiary/aromatic N) is 2. The van der Waals surface area contributed by atoms with E-state index in [4.69, 9.17) is 21.7 Å². The molecule has 2 aliphatic rings. The van der Waals surface area contributed by atoms with Gasteiger partial charge in [-0.05, 0) is 80.0 Å². The van der Waals surface area contributed by atoms with Gasteiger partial charge in [0, 0.05) is 11.7 Å². The Hall–Kier alpha value is -3.13. The van der Waals surface area contributed by atoms with Crippen molar-refractivity contribution in [1.82, 2.24) is 4.90 Å². The van der Waals surface area contributed by atoms with Crippen LogP contribution >= 0.6 is 12.2 Å². The lowest BCUT2D eigenvalue weighted by molar-refractivity contribution is -0.124. The van der Waals surface area contributed by atoms with Crippen LogP contribution in [0.1, 0.15) is 32.6 Å². The van der Waals surface area contributed by atoms with Crippen LogP contribution in [0.4, 0.5) is 11.4 Å². The monoisotopic (exact) mass is 453 g/mol. The van der Waals surface area contributed by atoms with Crippen LogP contribution in [-0.2, 0) is 9.59 Å². The van der Waals surface area contributed by atoms with Gasteiger partial charge < -0.3 is 19.7 Å². The van der Waals surface area contributed by atoms with Crippen molar-refractivity contribution in [2.24, 2.45) is 0 Å². The van der Waals surface area contributed by atoms with Gasteiger partial charge in [0.15, 0.2) is 5.11 Å². The summed E-state index contributed by atoms with van der Waals surface area (Å²) in [6, 6.07) is 14.0. The molecule has 1 atom stereocenters. The summed E-state index contributed by atoms with van der Waals surface area (Å²) in [5.41, 5.74) is 1.34. The average Bonchev–Trinajstić information content (AvgIpc) is 3.60. The van der Waals surface area contributed by atoms with E-state index in [1.165, 1.54) is 4.90 Å². The molecule has 168 valence electrons. The van der Waals surface area contributed by atoms with E-state index in [-0.39, 0.29) is 24.3 Å².